The molecule has 6 heteroatoms. The third kappa shape index (κ3) is 3.60. The second-order valence-electron chi connectivity index (χ2n) is 5.58. The van der Waals surface area contributed by atoms with E-state index in [0.717, 1.165) is 5.69 Å². The number of para-hydroxylation sites is 1. The first-order valence-electron chi connectivity index (χ1n) is 7.72. The number of aromatic nitrogens is 3. The fraction of sp³-hybridized carbons (Fsp3) is 0.167. The Bertz CT molecular complexity index is 869. The number of carbonyl (C=O) groups is 1. The fourth-order valence-corrected chi connectivity index (χ4v) is 2.47. The Hall–Kier alpha value is -3.15. The van der Waals surface area contributed by atoms with Gasteiger partial charge in [-0.15, -0.1) is 0 Å². The van der Waals surface area contributed by atoms with Gasteiger partial charge in [0.15, 0.2) is 0 Å². The summed E-state index contributed by atoms with van der Waals surface area (Å²) in [5, 5.41) is 5.72. The second kappa shape index (κ2) is 6.95. The van der Waals surface area contributed by atoms with Gasteiger partial charge < -0.3 is 5.32 Å². The van der Waals surface area contributed by atoms with Crippen LogP contribution in [0.15, 0.2) is 65.6 Å². The van der Waals surface area contributed by atoms with Crippen LogP contribution in [0.3, 0.4) is 0 Å². The number of hydrogen-bond donors (Lipinski definition) is 2. The standard InChI is InChI=1S/C18H18N4O2/c1-13(11-14-7-5-6-10-19-14)20-18(24)16-12-17(23)22(21-16)15-8-3-2-4-9-15/h2-10,12-13,21H,11H2,1H3,(H,20,24). The summed E-state index contributed by atoms with van der Waals surface area (Å²) < 4.78 is 1.35. The summed E-state index contributed by atoms with van der Waals surface area (Å²) >= 11 is 0. The lowest BCUT2D eigenvalue weighted by atomic mass is 10.1. The molecule has 3 rings (SSSR count). The zero-order valence-electron chi connectivity index (χ0n) is 13.3. The Balaban J connectivity index is 1.71. The maximum Gasteiger partial charge on any atom is 0.271 e. The van der Waals surface area contributed by atoms with Crippen LogP contribution in [-0.4, -0.2) is 26.7 Å². The van der Waals surface area contributed by atoms with E-state index in [1.165, 1.54) is 10.7 Å². The van der Waals surface area contributed by atoms with E-state index in [4.69, 9.17) is 0 Å². The second-order valence-corrected chi connectivity index (χ2v) is 5.58. The first-order valence-corrected chi connectivity index (χ1v) is 7.72. The molecule has 0 saturated carbocycles. The number of nitrogens with zero attached hydrogens (tertiary/aromatic N) is 2. The van der Waals surface area contributed by atoms with Gasteiger partial charge in [-0.3, -0.25) is 19.7 Å². The molecular weight excluding hydrogens is 304 g/mol. The van der Waals surface area contributed by atoms with Crippen LogP contribution >= 0.6 is 0 Å². The number of carbonyl (C=O) groups excluding carboxylic acids is 1. The number of rotatable bonds is 5. The van der Waals surface area contributed by atoms with Crippen LogP contribution in [0.4, 0.5) is 0 Å². The first kappa shape index (κ1) is 15.7. The van der Waals surface area contributed by atoms with Gasteiger partial charge in [-0.05, 0) is 31.2 Å². The Kier molecular flexibility index (Phi) is 4.56. The molecule has 1 unspecified atom stereocenters. The van der Waals surface area contributed by atoms with Crippen molar-refractivity contribution in [2.45, 2.75) is 19.4 Å². The zero-order chi connectivity index (χ0) is 16.9. The highest BCUT2D eigenvalue weighted by Gasteiger charge is 2.15. The minimum atomic E-state index is -0.315. The van der Waals surface area contributed by atoms with Crippen molar-refractivity contribution in [3.8, 4) is 5.69 Å². The molecule has 2 aromatic heterocycles. The van der Waals surface area contributed by atoms with Gasteiger partial charge in [0.05, 0.1) is 5.69 Å². The summed E-state index contributed by atoms with van der Waals surface area (Å²) in [6.45, 7) is 1.90. The molecule has 0 spiro atoms. The van der Waals surface area contributed by atoms with E-state index in [0.29, 0.717) is 12.1 Å². The van der Waals surface area contributed by atoms with Crippen LogP contribution in [0.25, 0.3) is 5.69 Å². The van der Waals surface area contributed by atoms with Gasteiger partial charge in [0.1, 0.15) is 5.69 Å². The SMILES string of the molecule is CC(Cc1ccccn1)NC(=O)c1cc(=O)n(-c2ccccc2)[nH]1. The van der Waals surface area contributed by atoms with Gasteiger partial charge in [0.2, 0.25) is 0 Å². The minimum Gasteiger partial charge on any atom is -0.348 e. The monoisotopic (exact) mass is 322 g/mol. The minimum absolute atomic E-state index is 0.101. The number of H-pyrrole nitrogens is 1. The van der Waals surface area contributed by atoms with E-state index >= 15 is 0 Å². The van der Waals surface area contributed by atoms with E-state index in [1.54, 1.807) is 18.3 Å². The molecular formula is C18H18N4O2. The topological polar surface area (TPSA) is 79.8 Å². The summed E-state index contributed by atoms with van der Waals surface area (Å²) in [6, 6.07) is 16.0. The van der Waals surface area contributed by atoms with Gasteiger partial charge in [-0.25, -0.2) is 4.68 Å². The molecule has 0 saturated heterocycles. The molecule has 1 atom stereocenters. The number of nitrogens with one attached hydrogen (secondary N) is 2. The van der Waals surface area contributed by atoms with Crippen molar-refractivity contribution < 1.29 is 4.79 Å². The molecule has 0 fully saturated rings. The maximum absolute atomic E-state index is 12.3. The molecule has 6 nitrogen and oxygen atoms in total. The average Bonchev–Trinajstić information content (AvgIpc) is 2.98. The summed E-state index contributed by atoms with van der Waals surface area (Å²) in [6.07, 6.45) is 2.34. The third-order valence-electron chi connectivity index (χ3n) is 3.60. The van der Waals surface area contributed by atoms with Gasteiger partial charge >= 0.3 is 0 Å². The van der Waals surface area contributed by atoms with Gasteiger partial charge in [-0.1, -0.05) is 24.3 Å². The summed E-state index contributed by atoms with van der Waals surface area (Å²) in [5.41, 5.74) is 1.55. The zero-order valence-corrected chi connectivity index (χ0v) is 13.3. The summed E-state index contributed by atoms with van der Waals surface area (Å²) in [7, 11) is 0. The van der Waals surface area contributed by atoms with Crippen molar-refractivity contribution in [2.24, 2.45) is 0 Å². The molecule has 3 aromatic rings. The van der Waals surface area contributed by atoms with Gasteiger partial charge in [-0.2, -0.15) is 0 Å². The summed E-state index contributed by atoms with van der Waals surface area (Å²) in [5.74, 6) is -0.315. The summed E-state index contributed by atoms with van der Waals surface area (Å²) in [4.78, 5) is 28.6. The predicted molar refractivity (Wildman–Crippen MR) is 91.3 cm³/mol. The van der Waals surface area contributed by atoms with Crippen molar-refractivity contribution in [3.05, 3.63) is 82.5 Å². The lowest BCUT2D eigenvalue weighted by Gasteiger charge is -2.12. The van der Waals surface area contributed by atoms with Crippen LogP contribution < -0.4 is 10.9 Å². The molecule has 0 aliphatic heterocycles. The molecule has 2 N–H and O–H groups in total. The molecule has 2 heterocycles. The quantitative estimate of drug-likeness (QED) is 0.753. The molecule has 1 amide bonds. The van der Waals surface area contributed by atoms with Crippen molar-refractivity contribution in [2.75, 3.05) is 0 Å². The molecule has 0 aliphatic carbocycles. The normalized spacial score (nSPS) is 11.9. The smallest absolute Gasteiger partial charge is 0.271 e. The molecule has 0 radical (unpaired) electrons. The molecule has 24 heavy (non-hydrogen) atoms. The van der Waals surface area contributed by atoms with Crippen LogP contribution in [-0.2, 0) is 6.42 Å². The largest absolute Gasteiger partial charge is 0.348 e. The van der Waals surface area contributed by atoms with Gasteiger partial charge in [0, 0.05) is 30.4 Å². The van der Waals surface area contributed by atoms with Crippen molar-refractivity contribution in [1.82, 2.24) is 20.1 Å². The first-order chi connectivity index (χ1) is 11.6. The van der Waals surface area contributed by atoms with Crippen LogP contribution in [0.5, 0.6) is 0 Å². The lowest BCUT2D eigenvalue weighted by Crippen LogP contribution is -2.34. The number of pyridine rings is 1. The van der Waals surface area contributed by atoms with E-state index in [2.05, 4.69) is 15.4 Å². The Morgan fingerprint density at radius 3 is 2.67 bits per heavy atom. The van der Waals surface area contributed by atoms with E-state index in [9.17, 15) is 9.59 Å². The molecule has 0 aliphatic rings. The number of amides is 1. The average molecular weight is 322 g/mol. The highest BCUT2D eigenvalue weighted by atomic mass is 16.2. The highest BCUT2D eigenvalue weighted by molar-refractivity contribution is 5.92. The predicted octanol–water partition coefficient (Wildman–Crippen LogP) is 1.92. The van der Waals surface area contributed by atoms with Crippen molar-refractivity contribution in [3.63, 3.8) is 0 Å². The van der Waals surface area contributed by atoms with E-state index < -0.39 is 0 Å². The Labute approximate surface area is 139 Å². The van der Waals surface area contributed by atoms with Crippen LogP contribution in [0.2, 0.25) is 0 Å². The molecule has 122 valence electrons. The van der Waals surface area contributed by atoms with E-state index in [1.807, 2.05) is 43.3 Å². The Morgan fingerprint density at radius 2 is 1.96 bits per heavy atom. The number of aromatic amines is 1. The fourth-order valence-electron chi connectivity index (χ4n) is 2.47. The molecule has 0 bridgehead atoms. The number of benzene rings is 1. The van der Waals surface area contributed by atoms with Crippen molar-refractivity contribution in [1.29, 1.82) is 0 Å². The maximum atomic E-state index is 12.3. The lowest BCUT2D eigenvalue weighted by molar-refractivity contribution is 0.0934. The Morgan fingerprint density at radius 1 is 1.21 bits per heavy atom. The van der Waals surface area contributed by atoms with Gasteiger partial charge in [0.25, 0.3) is 11.5 Å². The van der Waals surface area contributed by atoms with Crippen LogP contribution in [0.1, 0.15) is 23.1 Å². The van der Waals surface area contributed by atoms with Crippen LogP contribution in [0, 0.1) is 0 Å². The van der Waals surface area contributed by atoms with E-state index in [-0.39, 0.29) is 23.2 Å². The van der Waals surface area contributed by atoms with Crippen molar-refractivity contribution >= 4 is 5.91 Å². The third-order valence-corrected chi connectivity index (χ3v) is 3.60. The molecule has 1 aromatic carbocycles. The highest BCUT2D eigenvalue weighted by Crippen LogP contribution is 2.04. The number of hydrogen-bond acceptors (Lipinski definition) is 3.